The summed E-state index contributed by atoms with van der Waals surface area (Å²) in [6.45, 7) is 0.289. The quantitative estimate of drug-likeness (QED) is 0.883. The van der Waals surface area contributed by atoms with E-state index in [1.54, 1.807) is 18.3 Å². The number of rotatable bonds is 5. The van der Waals surface area contributed by atoms with E-state index in [4.69, 9.17) is 0 Å². The Labute approximate surface area is 137 Å². The Morgan fingerprint density at radius 1 is 1.12 bits per heavy atom. The van der Waals surface area contributed by atoms with E-state index in [0.29, 0.717) is 12.5 Å². The molecule has 5 nitrogen and oxygen atoms in total. The topological polar surface area (TPSA) is 71.1 Å². The Kier molecular flexibility index (Phi) is 4.50. The molecule has 2 N–H and O–H groups in total. The summed E-state index contributed by atoms with van der Waals surface area (Å²) in [6, 6.07) is 8.29. The van der Waals surface area contributed by atoms with Gasteiger partial charge in [-0.3, -0.25) is 14.6 Å². The summed E-state index contributed by atoms with van der Waals surface area (Å²) in [4.78, 5) is 28.1. The second-order valence-electron chi connectivity index (χ2n) is 5.60. The third-order valence-corrected chi connectivity index (χ3v) is 3.82. The van der Waals surface area contributed by atoms with Crippen molar-refractivity contribution in [3.8, 4) is 0 Å². The van der Waals surface area contributed by atoms with Crippen molar-refractivity contribution < 1.29 is 18.4 Å². The molecule has 1 heterocycles. The first kappa shape index (κ1) is 16.0. The number of aromatic nitrogens is 1. The SMILES string of the molecule is O=C(NCc1ccccn1)C1CC1C(=O)Nc1ccc(F)cc1F. The van der Waals surface area contributed by atoms with Crippen LogP contribution in [0.4, 0.5) is 14.5 Å². The molecule has 1 aliphatic carbocycles. The maximum Gasteiger partial charge on any atom is 0.228 e. The van der Waals surface area contributed by atoms with E-state index in [-0.39, 0.29) is 18.1 Å². The molecule has 2 aromatic rings. The minimum atomic E-state index is -0.847. The summed E-state index contributed by atoms with van der Waals surface area (Å²) in [5.41, 5.74) is 0.627. The highest BCUT2D eigenvalue weighted by Crippen LogP contribution is 2.39. The van der Waals surface area contributed by atoms with Gasteiger partial charge in [0.05, 0.1) is 29.8 Å². The number of halogens is 2. The fourth-order valence-electron chi connectivity index (χ4n) is 2.40. The number of pyridine rings is 1. The van der Waals surface area contributed by atoms with Crippen molar-refractivity contribution in [1.82, 2.24) is 10.3 Å². The molecule has 7 heteroatoms. The molecule has 0 bridgehead atoms. The van der Waals surface area contributed by atoms with Crippen LogP contribution < -0.4 is 10.6 Å². The zero-order valence-corrected chi connectivity index (χ0v) is 12.6. The van der Waals surface area contributed by atoms with Crippen LogP contribution >= 0.6 is 0 Å². The van der Waals surface area contributed by atoms with Crippen LogP contribution in [0.3, 0.4) is 0 Å². The molecule has 2 atom stereocenters. The molecule has 24 heavy (non-hydrogen) atoms. The molecular weight excluding hydrogens is 316 g/mol. The average Bonchev–Trinajstić information content (AvgIpc) is 3.37. The highest BCUT2D eigenvalue weighted by atomic mass is 19.1. The van der Waals surface area contributed by atoms with Crippen molar-refractivity contribution in [1.29, 1.82) is 0 Å². The van der Waals surface area contributed by atoms with Crippen molar-refractivity contribution in [3.05, 3.63) is 59.9 Å². The van der Waals surface area contributed by atoms with Gasteiger partial charge in [-0.1, -0.05) is 6.07 Å². The van der Waals surface area contributed by atoms with Gasteiger partial charge in [0.1, 0.15) is 11.6 Å². The lowest BCUT2D eigenvalue weighted by molar-refractivity contribution is -0.125. The van der Waals surface area contributed by atoms with Crippen LogP contribution in [0.25, 0.3) is 0 Å². The van der Waals surface area contributed by atoms with E-state index < -0.39 is 29.4 Å². The third kappa shape index (κ3) is 3.73. The van der Waals surface area contributed by atoms with Crippen LogP contribution in [0.2, 0.25) is 0 Å². The summed E-state index contributed by atoms with van der Waals surface area (Å²) >= 11 is 0. The van der Waals surface area contributed by atoms with Crippen molar-refractivity contribution >= 4 is 17.5 Å². The number of amides is 2. The van der Waals surface area contributed by atoms with E-state index in [1.165, 1.54) is 0 Å². The Hall–Kier alpha value is -2.83. The maximum atomic E-state index is 13.5. The number of hydrogen-bond acceptors (Lipinski definition) is 3. The van der Waals surface area contributed by atoms with Gasteiger partial charge in [0.15, 0.2) is 0 Å². The number of nitrogens with one attached hydrogen (secondary N) is 2. The van der Waals surface area contributed by atoms with Gasteiger partial charge < -0.3 is 10.6 Å². The zero-order chi connectivity index (χ0) is 17.1. The minimum absolute atomic E-state index is 0.0963. The molecule has 124 valence electrons. The second-order valence-corrected chi connectivity index (χ2v) is 5.60. The number of benzene rings is 1. The normalized spacial score (nSPS) is 18.8. The first-order chi connectivity index (χ1) is 11.5. The molecule has 1 saturated carbocycles. The first-order valence-electron chi connectivity index (χ1n) is 7.48. The summed E-state index contributed by atoms with van der Waals surface area (Å²) in [6.07, 6.45) is 2.04. The van der Waals surface area contributed by atoms with Gasteiger partial charge in [-0.05, 0) is 30.7 Å². The maximum absolute atomic E-state index is 13.5. The van der Waals surface area contributed by atoms with E-state index in [0.717, 1.165) is 17.8 Å². The van der Waals surface area contributed by atoms with Crippen LogP contribution in [0.1, 0.15) is 12.1 Å². The lowest BCUT2D eigenvalue weighted by atomic mass is 10.2. The van der Waals surface area contributed by atoms with Crippen LogP contribution in [-0.2, 0) is 16.1 Å². The first-order valence-corrected chi connectivity index (χ1v) is 7.48. The Bertz CT molecular complexity index is 768. The molecular formula is C17H15F2N3O2. The van der Waals surface area contributed by atoms with E-state index in [2.05, 4.69) is 15.6 Å². The minimum Gasteiger partial charge on any atom is -0.350 e. The standard InChI is InChI=1S/C17H15F2N3O2/c18-10-4-5-15(14(19)7-10)22-17(24)13-8-12(13)16(23)21-9-11-3-1-2-6-20-11/h1-7,12-13H,8-9H2,(H,21,23)(H,22,24). The smallest absolute Gasteiger partial charge is 0.228 e. The summed E-state index contributed by atoms with van der Waals surface area (Å²) in [5.74, 6) is -3.18. The molecule has 1 fully saturated rings. The molecule has 1 aromatic carbocycles. The van der Waals surface area contributed by atoms with Gasteiger partial charge in [-0.25, -0.2) is 8.78 Å². The fraction of sp³-hybridized carbons (Fsp3) is 0.235. The van der Waals surface area contributed by atoms with Crippen molar-refractivity contribution in [2.24, 2.45) is 11.8 Å². The summed E-state index contributed by atoms with van der Waals surface area (Å²) < 4.78 is 26.4. The second kappa shape index (κ2) is 6.74. The van der Waals surface area contributed by atoms with Gasteiger partial charge in [0, 0.05) is 12.3 Å². The summed E-state index contributed by atoms with van der Waals surface area (Å²) in [5, 5.41) is 5.11. The predicted molar refractivity (Wildman–Crippen MR) is 82.7 cm³/mol. The molecule has 1 aromatic heterocycles. The Morgan fingerprint density at radius 3 is 2.62 bits per heavy atom. The number of carbonyl (C=O) groups excluding carboxylic acids is 2. The average molecular weight is 331 g/mol. The number of anilines is 1. The largest absolute Gasteiger partial charge is 0.350 e. The zero-order valence-electron chi connectivity index (χ0n) is 12.6. The van der Waals surface area contributed by atoms with Crippen LogP contribution in [-0.4, -0.2) is 16.8 Å². The Balaban J connectivity index is 1.51. The van der Waals surface area contributed by atoms with E-state index in [9.17, 15) is 18.4 Å². The number of nitrogens with zero attached hydrogens (tertiary/aromatic N) is 1. The highest BCUT2D eigenvalue weighted by molar-refractivity contribution is 5.99. The molecule has 0 radical (unpaired) electrons. The van der Waals surface area contributed by atoms with Gasteiger partial charge in [0.25, 0.3) is 0 Å². The third-order valence-electron chi connectivity index (χ3n) is 3.82. The Morgan fingerprint density at radius 2 is 1.92 bits per heavy atom. The molecule has 0 aliphatic heterocycles. The molecule has 0 saturated heterocycles. The lowest BCUT2D eigenvalue weighted by Crippen LogP contribution is -2.27. The predicted octanol–water partition coefficient (Wildman–Crippen LogP) is 2.25. The molecule has 1 aliphatic rings. The van der Waals surface area contributed by atoms with Crippen LogP contribution in [0, 0.1) is 23.5 Å². The van der Waals surface area contributed by atoms with Crippen molar-refractivity contribution in [2.45, 2.75) is 13.0 Å². The molecule has 2 amide bonds. The summed E-state index contributed by atoms with van der Waals surface area (Å²) in [7, 11) is 0. The number of carbonyl (C=O) groups is 2. The molecule has 2 unspecified atom stereocenters. The monoisotopic (exact) mass is 331 g/mol. The van der Waals surface area contributed by atoms with Crippen LogP contribution in [0.5, 0.6) is 0 Å². The van der Waals surface area contributed by atoms with Crippen molar-refractivity contribution in [3.63, 3.8) is 0 Å². The van der Waals surface area contributed by atoms with Crippen molar-refractivity contribution in [2.75, 3.05) is 5.32 Å². The van der Waals surface area contributed by atoms with E-state index >= 15 is 0 Å². The van der Waals surface area contributed by atoms with Gasteiger partial charge in [-0.15, -0.1) is 0 Å². The van der Waals surface area contributed by atoms with Crippen LogP contribution in [0.15, 0.2) is 42.6 Å². The fourth-order valence-corrected chi connectivity index (χ4v) is 2.40. The number of hydrogen-bond donors (Lipinski definition) is 2. The highest BCUT2D eigenvalue weighted by Gasteiger charge is 2.48. The van der Waals surface area contributed by atoms with Gasteiger partial charge in [0.2, 0.25) is 11.8 Å². The van der Waals surface area contributed by atoms with E-state index in [1.807, 2.05) is 6.07 Å². The molecule has 3 rings (SSSR count). The van der Waals surface area contributed by atoms with Gasteiger partial charge in [-0.2, -0.15) is 0 Å². The molecule has 0 spiro atoms. The lowest BCUT2D eigenvalue weighted by Gasteiger charge is -2.07. The van der Waals surface area contributed by atoms with Gasteiger partial charge >= 0.3 is 0 Å².